The monoisotopic (exact) mass is 260 g/mol. The van der Waals surface area contributed by atoms with Crippen LogP contribution in [0.4, 0.5) is 8.78 Å². The Hall–Kier alpha value is -2.49. The van der Waals surface area contributed by atoms with E-state index in [1.807, 2.05) is 0 Å². The number of carbonyl (C=O) groups is 1. The largest absolute Gasteiger partial charge is 0.507 e. The molecule has 0 heterocycles. The summed E-state index contributed by atoms with van der Waals surface area (Å²) in [5.74, 6) is -2.03. The van der Waals surface area contributed by atoms with E-state index < -0.39 is 17.4 Å². The summed E-state index contributed by atoms with van der Waals surface area (Å²) in [5.41, 5.74) is 0.228. The third kappa shape index (κ3) is 3.04. The Bertz CT molecular complexity index is 648. The first-order chi connectivity index (χ1) is 9.08. The average molecular weight is 260 g/mol. The Morgan fingerprint density at radius 2 is 1.84 bits per heavy atom. The van der Waals surface area contributed by atoms with Crippen LogP contribution in [0.1, 0.15) is 15.9 Å². The normalized spacial score (nSPS) is 10.8. The van der Waals surface area contributed by atoms with E-state index in [0.717, 1.165) is 18.2 Å². The second kappa shape index (κ2) is 5.44. The van der Waals surface area contributed by atoms with E-state index in [0.29, 0.717) is 0 Å². The van der Waals surface area contributed by atoms with Crippen molar-refractivity contribution in [3.05, 3.63) is 71.3 Å². The molecule has 0 saturated carbocycles. The molecule has 0 aliphatic rings. The van der Waals surface area contributed by atoms with Gasteiger partial charge in [-0.2, -0.15) is 0 Å². The average Bonchev–Trinajstić information content (AvgIpc) is 2.38. The van der Waals surface area contributed by atoms with Gasteiger partial charge in [-0.05, 0) is 36.4 Å². The number of allylic oxidation sites excluding steroid dienone is 1. The molecule has 1 N–H and O–H groups in total. The van der Waals surface area contributed by atoms with Crippen LogP contribution in [0.3, 0.4) is 0 Å². The Kier molecular flexibility index (Phi) is 3.71. The number of ketones is 1. The van der Waals surface area contributed by atoms with Crippen molar-refractivity contribution >= 4 is 11.9 Å². The minimum absolute atomic E-state index is 0.102. The van der Waals surface area contributed by atoms with Crippen LogP contribution in [0.15, 0.2) is 48.5 Å². The van der Waals surface area contributed by atoms with Crippen molar-refractivity contribution in [1.29, 1.82) is 0 Å². The summed E-state index contributed by atoms with van der Waals surface area (Å²) >= 11 is 0. The molecule has 0 amide bonds. The number of para-hydroxylation sites is 1. The van der Waals surface area contributed by atoms with Gasteiger partial charge < -0.3 is 5.11 Å². The topological polar surface area (TPSA) is 37.3 Å². The van der Waals surface area contributed by atoms with Crippen LogP contribution in [-0.4, -0.2) is 10.9 Å². The molecule has 0 saturated heterocycles. The van der Waals surface area contributed by atoms with Gasteiger partial charge in [-0.1, -0.05) is 12.1 Å². The molecule has 96 valence electrons. The number of hydrogen-bond donors (Lipinski definition) is 1. The minimum Gasteiger partial charge on any atom is -0.507 e. The van der Waals surface area contributed by atoms with Crippen LogP contribution in [-0.2, 0) is 0 Å². The van der Waals surface area contributed by atoms with Crippen molar-refractivity contribution in [3.8, 4) is 5.75 Å². The highest BCUT2D eigenvalue weighted by atomic mass is 19.1. The van der Waals surface area contributed by atoms with Crippen LogP contribution in [0.2, 0.25) is 0 Å². The molecule has 0 atom stereocenters. The first kappa shape index (κ1) is 13.0. The third-order valence-electron chi connectivity index (χ3n) is 2.55. The van der Waals surface area contributed by atoms with Crippen molar-refractivity contribution in [1.82, 2.24) is 0 Å². The van der Waals surface area contributed by atoms with Crippen molar-refractivity contribution in [2.75, 3.05) is 0 Å². The Balaban J connectivity index is 2.24. The second-order valence-electron chi connectivity index (χ2n) is 3.88. The maximum atomic E-state index is 13.3. The van der Waals surface area contributed by atoms with Crippen molar-refractivity contribution in [2.45, 2.75) is 0 Å². The van der Waals surface area contributed by atoms with Gasteiger partial charge in [0.25, 0.3) is 0 Å². The maximum absolute atomic E-state index is 13.3. The lowest BCUT2D eigenvalue weighted by Gasteiger charge is -1.99. The molecule has 2 nitrogen and oxygen atoms in total. The van der Waals surface area contributed by atoms with Gasteiger partial charge in [0.05, 0.1) is 5.56 Å². The Morgan fingerprint density at radius 1 is 1.11 bits per heavy atom. The summed E-state index contributed by atoms with van der Waals surface area (Å²) in [6, 6.07) is 9.13. The van der Waals surface area contributed by atoms with Gasteiger partial charge in [0.15, 0.2) is 5.78 Å². The standard InChI is InChI=1S/C15H10F2O2/c16-11-7-5-10(13(17)9-11)6-8-15(19)12-3-1-2-4-14(12)18/h1-9,18H/b8-6+. The van der Waals surface area contributed by atoms with Crippen molar-refractivity contribution < 1.29 is 18.7 Å². The molecule has 19 heavy (non-hydrogen) atoms. The van der Waals surface area contributed by atoms with E-state index >= 15 is 0 Å². The van der Waals surface area contributed by atoms with Gasteiger partial charge in [-0.15, -0.1) is 0 Å². The van der Waals surface area contributed by atoms with Crippen LogP contribution < -0.4 is 0 Å². The fourth-order valence-corrected chi connectivity index (χ4v) is 1.57. The molecule has 0 aliphatic heterocycles. The van der Waals surface area contributed by atoms with E-state index in [2.05, 4.69) is 0 Å². The summed E-state index contributed by atoms with van der Waals surface area (Å²) in [7, 11) is 0. The van der Waals surface area contributed by atoms with Gasteiger partial charge in [-0.3, -0.25) is 4.79 Å². The molecule has 0 bridgehead atoms. The smallest absolute Gasteiger partial charge is 0.189 e. The Labute approximate surface area is 108 Å². The van der Waals surface area contributed by atoms with Crippen LogP contribution in [0.25, 0.3) is 6.08 Å². The molecule has 0 fully saturated rings. The lowest BCUT2D eigenvalue weighted by molar-refractivity contribution is 0.104. The van der Waals surface area contributed by atoms with E-state index in [-0.39, 0.29) is 16.9 Å². The summed E-state index contributed by atoms with van der Waals surface area (Å²) in [6.07, 6.45) is 2.37. The van der Waals surface area contributed by atoms with Gasteiger partial charge >= 0.3 is 0 Å². The molecule has 2 aromatic rings. The predicted octanol–water partition coefficient (Wildman–Crippen LogP) is 3.57. The highest BCUT2D eigenvalue weighted by Crippen LogP contribution is 2.17. The summed E-state index contributed by atoms with van der Waals surface area (Å²) in [6.45, 7) is 0. The van der Waals surface area contributed by atoms with Crippen LogP contribution in [0.5, 0.6) is 5.75 Å². The van der Waals surface area contributed by atoms with E-state index in [1.165, 1.54) is 24.3 Å². The molecule has 0 spiro atoms. The highest BCUT2D eigenvalue weighted by Gasteiger charge is 2.07. The zero-order chi connectivity index (χ0) is 13.8. The van der Waals surface area contributed by atoms with Gasteiger partial charge in [0, 0.05) is 11.6 Å². The molecule has 0 aromatic heterocycles. The first-order valence-corrected chi connectivity index (χ1v) is 5.53. The molecule has 0 aliphatic carbocycles. The molecule has 2 rings (SSSR count). The summed E-state index contributed by atoms with van der Waals surface area (Å²) in [4.78, 5) is 11.8. The van der Waals surface area contributed by atoms with Crippen LogP contribution >= 0.6 is 0 Å². The quantitative estimate of drug-likeness (QED) is 0.676. The zero-order valence-corrected chi connectivity index (χ0v) is 9.81. The summed E-state index contributed by atoms with van der Waals surface area (Å²) < 4.78 is 26.0. The number of carbonyl (C=O) groups excluding carboxylic acids is 1. The number of phenolic OH excluding ortho intramolecular Hbond substituents is 1. The molecule has 2 aromatic carbocycles. The van der Waals surface area contributed by atoms with Gasteiger partial charge in [-0.25, -0.2) is 8.78 Å². The minimum atomic E-state index is -0.749. The lowest BCUT2D eigenvalue weighted by Crippen LogP contribution is -1.94. The number of benzene rings is 2. The number of halogens is 2. The van der Waals surface area contributed by atoms with Crippen molar-refractivity contribution in [3.63, 3.8) is 0 Å². The van der Waals surface area contributed by atoms with Crippen molar-refractivity contribution in [2.24, 2.45) is 0 Å². The second-order valence-corrected chi connectivity index (χ2v) is 3.88. The third-order valence-corrected chi connectivity index (χ3v) is 2.55. The SMILES string of the molecule is O=C(/C=C/c1ccc(F)cc1F)c1ccccc1O. The van der Waals surface area contributed by atoms with E-state index in [9.17, 15) is 18.7 Å². The molecule has 4 heteroatoms. The molecular formula is C15H10F2O2. The number of hydrogen-bond acceptors (Lipinski definition) is 2. The number of phenols is 1. The lowest BCUT2D eigenvalue weighted by atomic mass is 10.1. The maximum Gasteiger partial charge on any atom is 0.189 e. The van der Waals surface area contributed by atoms with Crippen LogP contribution in [0, 0.1) is 11.6 Å². The fourth-order valence-electron chi connectivity index (χ4n) is 1.57. The molecule has 0 radical (unpaired) electrons. The number of rotatable bonds is 3. The predicted molar refractivity (Wildman–Crippen MR) is 67.8 cm³/mol. The van der Waals surface area contributed by atoms with E-state index in [1.54, 1.807) is 12.1 Å². The first-order valence-electron chi connectivity index (χ1n) is 5.53. The van der Waals surface area contributed by atoms with E-state index in [4.69, 9.17) is 0 Å². The van der Waals surface area contributed by atoms with Gasteiger partial charge in [0.1, 0.15) is 17.4 Å². The highest BCUT2D eigenvalue weighted by molar-refractivity contribution is 6.08. The molecule has 0 unspecified atom stereocenters. The molecular weight excluding hydrogens is 250 g/mol. The number of aromatic hydroxyl groups is 1. The fraction of sp³-hybridized carbons (Fsp3) is 0. The summed E-state index contributed by atoms with van der Waals surface area (Å²) in [5, 5.41) is 9.49. The Morgan fingerprint density at radius 3 is 2.53 bits per heavy atom. The zero-order valence-electron chi connectivity index (χ0n) is 9.81. The van der Waals surface area contributed by atoms with Gasteiger partial charge in [0.2, 0.25) is 0 Å².